The molecule has 0 radical (unpaired) electrons. The number of hydrogen-bond acceptors (Lipinski definition) is 13. The van der Waals surface area contributed by atoms with E-state index in [1.54, 1.807) is 18.2 Å². The number of aromatic nitrogens is 1. The molecule has 1 fully saturated rings. The Hall–Kier alpha value is -4.74. The van der Waals surface area contributed by atoms with Crippen LogP contribution in [-0.4, -0.2) is 92.8 Å². The highest BCUT2D eigenvalue weighted by atomic mass is 32.2. The molecule has 46 heavy (non-hydrogen) atoms. The SMILES string of the molecule is CO/N=C(\C(=O)NC1C(=O)N2C(C(=O)O)=C(/C=C/C[N+]3(C)Cc4cc(OC(C)=O)c(OC(C)=O)cc4C3)CS[C@H]12)c1csc(N)n1. The van der Waals surface area contributed by atoms with E-state index in [1.165, 1.54) is 43.0 Å². The number of esters is 2. The predicted octanol–water partition coefficient (Wildman–Crippen LogP) is 1.38. The van der Waals surface area contributed by atoms with Crippen LogP contribution >= 0.6 is 23.1 Å². The zero-order valence-corrected chi connectivity index (χ0v) is 26.9. The van der Waals surface area contributed by atoms with Crippen LogP contribution in [0.4, 0.5) is 5.13 Å². The van der Waals surface area contributed by atoms with Crippen molar-refractivity contribution in [3.63, 3.8) is 0 Å². The van der Waals surface area contributed by atoms with Crippen LogP contribution in [0.25, 0.3) is 0 Å². The second kappa shape index (κ2) is 12.9. The Morgan fingerprint density at radius 1 is 1.17 bits per heavy atom. The van der Waals surface area contributed by atoms with E-state index in [1.807, 2.05) is 13.1 Å². The van der Waals surface area contributed by atoms with E-state index in [0.29, 0.717) is 35.4 Å². The number of nitrogens with two attached hydrogens (primary N) is 1. The maximum Gasteiger partial charge on any atom is 0.352 e. The van der Waals surface area contributed by atoms with Crippen molar-refractivity contribution in [1.82, 2.24) is 15.2 Å². The van der Waals surface area contributed by atoms with Crippen molar-refractivity contribution < 1.29 is 47.9 Å². The van der Waals surface area contributed by atoms with E-state index >= 15 is 0 Å². The Morgan fingerprint density at radius 3 is 2.33 bits per heavy atom. The number of aliphatic carboxylic acids is 1. The number of carbonyl (C=O) groups excluding carboxylic acids is 4. The number of allylic oxidation sites excluding steroid dienone is 1. The number of quaternary nitrogens is 1. The molecule has 0 saturated carbocycles. The minimum atomic E-state index is -1.26. The van der Waals surface area contributed by atoms with Gasteiger partial charge in [0.25, 0.3) is 11.8 Å². The fourth-order valence-electron chi connectivity index (χ4n) is 5.54. The number of carboxylic acid groups (broad SMARTS) is 1. The number of carboxylic acids is 1. The Morgan fingerprint density at radius 2 is 1.80 bits per heavy atom. The number of oxime groups is 1. The van der Waals surface area contributed by atoms with Crippen molar-refractivity contribution in [2.75, 3.05) is 32.2 Å². The van der Waals surface area contributed by atoms with Gasteiger partial charge in [0.05, 0.1) is 13.6 Å². The molecule has 5 rings (SSSR count). The number of benzene rings is 1. The number of hydrogen-bond donors (Lipinski definition) is 3. The van der Waals surface area contributed by atoms with Crippen LogP contribution in [0.2, 0.25) is 0 Å². The molecule has 15 nitrogen and oxygen atoms in total. The highest BCUT2D eigenvalue weighted by Gasteiger charge is 2.54. The van der Waals surface area contributed by atoms with E-state index in [0.717, 1.165) is 22.5 Å². The number of fused-ring (bicyclic) bond motifs is 2. The summed E-state index contributed by atoms with van der Waals surface area (Å²) in [6, 6.07) is 2.43. The van der Waals surface area contributed by atoms with Gasteiger partial charge in [0.1, 0.15) is 43.0 Å². The van der Waals surface area contributed by atoms with Gasteiger partial charge in [0.15, 0.2) is 22.3 Å². The molecule has 1 unspecified atom stereocenters. The molecule has 0 bridgehead atoms. The van der Waals surface area contributed by atoms with Crippen molar-refractivity contribution >= 4 is 63.7 Å². The fourth-order valence-corrected chi connectivity index (χ4v) is 7.40. The van der Waals surface area contributed by atoms with Crippen LogP contribution in [-0.2, 0) is 41.9 Å². The number of anilines is 1. The molecular weight excluding hydrogens is 640 g/mol. The summed E-state index contributed by atoms with van der Waals surface area (Å²) >= 11 is 2.44. The summed E-state index contributed by atoms with van der Waals surface area (Å²) in [6.07, 6.45) is 3.57. The molecule has 4 N–H and O–H groups in total. The molecule has 3 aliphatic heterocycles. The highest BCUT2D eigenvalue weighted by Crippen LogP contribution is 2.41. The number of β-lactam (4-membered cyclic amide) rings is 1. The summed E-state index contributed by atoms with van der Waals surface area (Å²) in [5.41, 5.74) is 7.88. The normalized spacial score (nSPS) is 20.1. The van der Waals surface area contributed by atoms with E-state index in [2.05, 4.69) is 15.5 Å². The number of rotatable bonds is 10. The predicted molar refractivity (Wildman–Crippen MR) is 166 cm³/mol. The van der Waals surface area contributed by atoms with Crippen molar-refractivity contribution in [2.24, 2.45) is 5.16 Å². The molecule has 3 aliphatic rings. The molecule has 1 aromatic carbocycles. The average Bonchev–Trinajstić information content (AvgIpc) is 3.55. The summed E-state index contributed by atoms with van der Waals surface area (Å²) < 4.78 is 11.1. The third-order valence-corrected chi connectivity index (χ3v) is 9.37. The van der Waals surface area contributed by atoms with Gasteiger partial charge in [-0.15, -0.1) is 23.1 Å². The monoisotopic (exact) mass is 671 g/mol. The summed E-state index contributed by atoms with van der Waals surface area (Å²) in [7, 11) is 3.29. The van der Waals surface area contributed by atoms with Gasteiger partial charge in [-0.2, -0.15) is 0 Å². The largest absolute Gasteiger partial charge is 0.477 e. The number of nitrogens with one attached hydrogen (secondary N) is 1. The molecule has 0 aliphatic carbocycles. The number of likely N-dealkylation sites (N-methyl/N-ethyl adjacent to an activating group) is 1. The lowest BCUT2D eigenvalue weighted by Crippen LogP contribution is -2.71. The molecular formula is C29H31N6O9S2+. The van der Waals surface area contributed by atoms with E-state index in [-0.39, 0.29) is 33.7 Å². The number of amides is 2. The molecule has 2 aromatic rings. The molecule has 1 saturated heterocycles. The quantitative estimate of drug-likeness (QED) is 0.0820. The number of nitrogen functional groups attached to an aromatic ring is 1. The number of carbonyl (C=O) groups is 5. The molecule has 242 valence electrons. The van der Waals surface area contributed by atoms with Gasteiger partial charge >= 0.3 is 17.9 Å². The highest BCUT2D eigenvalue weighted by molar-refractivity contribution is 8.00. The smallest absolute Gasteiger partial charge is 0.352 e. The number of nitrogens with zero attached hydrogens (tertiary/aromatic N) is 4. The van der Waals surface area contributed by atoms with Crippen molar-refractivity contribution in [1.29, 1.82) is 0 Å². The zero-order valence-electron chi connectivity index (χ0n) is 25.3. The third kappa shape index (κ3) is 6.61. The van der Waals surface area contributed by atoms with E-state index in [9.17, 15) is 29.1 Å². The van der Waals surface area contributed by atoms with Gasteiger partial charge in [-0.3, -0.25) is 24.1 Å². The minimum Gasteiger partial charge on any atom is -0.477 e. The van der Waals surface area contributed by atoms with Crippen molar-refractivity contribution in [3.8, 4) is 11.5 Å². The first-order valence-electron chi connectivity index (χ1n) is 13.9. The summed E-state index contributed by atoms with van der Waals surface area (Å²) in [4.78, 5) is 71.7. The van der Waals surface area contributed by atoms with Crippen LogP contribution in [0.15, 0.2) is 46.1 Å². The average molecular weight is 672 g/mol. The maximum atomic E-state index is 13.2. The summed E-state index contributed by atoms with van der Waals surface area (Å²) in [6.45, 7) is 4.22. The van der Waals surface area contributed by atoms with Gasteiger partial charge in [-0.1, -0.05) is 11.2 Å². The van der Waals surface area contributed by atoms with Crippen molar-refractivity contribution in [3.05, 3.63) is 57.8 Å². The lowest BCUT2D eigenvalue weighted by molar-refractivity contribution is -0.923. The van der Waals surface area contributed by atoms with E-state index < -0.39 is 41.1 Å². The Labute approximate surface area is 271 Å². The van der Waals surface area contributed by atoms with Crippen LogP contribution in [0, 0.1) is 0 Å². The molecule has 17 heteroatoms. The maximum absolute atomic E-state index is 13.2. The minimum absolute atomic E-state index is 0.141. The topological polar surface area (TPSA) is 200 Å². The van der Waals surface area contributed by atoms with Crippen LogP contribution in [0.5, 0.6) is 11.5 Å². The van der Waals surface area contributed by atoms with Crippen LogP contribution < -0.4 is 20.5 Å². The summed E-state index contributed by atoms with van der Waals surface area (Å²) in [5.74, 6) is -2.98. The lowest BCUT2D eigenvalue weighted by Gasteiger charge is -2.49. The standard InChI is InChI=1S/C29H30N6O9S2/c1-14(36)43-20-8-17-10-35(3,11-18(17)9-21(20)44-15(2)37)7-5-6-16-12-45-27-23(26(39)34(27)24(16)28(40)41)32-25(38)22(33-42-4)19-13-46-29(30)31-19/h5-6,8-9,13,23,27H,7,10-12H2,1-4H3,(H3-,30,31,32,38,40,41)/p+1/b6-5+,33-22-/t23?,27-/m1/s1. The second-order valence-corrected chi connectivity index (χ2v) is 13.0. The van der Waals surface area contributed by atoms with Gasteiger partial charge < -0.3 is 35.0 Å². The Balaban J connectivity index is 1.28. The lowest BCUT2D eigenvalue weighted by atomic mass is 10.0. The Bertz CT molecular complexity index is 1690. The molecule has 4 heterocycles. The molecule has 2 atom stereocenters. The van der Waals surface area contributed by atoms with Gasteiger partial charge in [0, 0.05) is 36.1 Å². The van der Waals surface area contributed by atoms with Gasteiger partial charge in [0.2, 0.25) is 0 Å². The van der Waals surface area contributed by atoms with Crippen LogP contribution in [0.3, 0.4) is 0 Å². The van der Waals surface area contributed by atoms with E-state index in [4.69, 9.17) is 20.0 Å². The number of thiazole rings is 1. The van der Waals surface area contributed by atoms with Crippen LogP contribution in [0.1, 0.15) is 30.7 Å². The molecule has 2 amide bonds. The third-order valence-electron chi connectivity index (χ3n) is 7.39. The van der Waals surface area contributed by atoms with Gasteiger partial charge in [-0.05, 0) is 23.8 Å². The number of thioether (sulfide) groups is 1. The molecule has 1 aromatic heterocycles. The molecule has 0 spiro atoms. The van der Waals surface area contributed by atoms with Gasteiger partial charge in [-0.25, -0.2) is 9.78 Å². The zero-order chi connectivity index (χ0) is 33.3. The fraction of sp³-hybridized carbons (Fsp3) is 0.345. The summed E-state index contributed by atoms with van der Waals surface area (Å²) in [5, 5.41) is 17.6. The second-order valence-electron chi connectivity index (χ2n) is 11.0. The first kappa shape index (κ1) is 32.6. The van der Waals surface area contributed by atoms with Crippen molar-refractivity contribution in [2.45, 2.75) is 38.4 Å². The first-order valence-corrected chi connectivity index (χ1v) is 15.8. The number of ether oxygens (including phenoxy) is 2. The Kier molecular flexibility index (Phi) is 9.18. The first-order chi connectivity index (χ1) is 21.8.